The number of nitrogens with zero attached hydrogens (tertiary/aromatic N) is 1. The number of carbonyl (C=O) groups is 1. The zero-order valence-electron chi connectivity index (χ0n) is 12.6. The first kappa shape index (κ1) is 15.6. The molecule has 0 bridgehead atoms. The number of aromatic hydroxyl groups is 1. The van der Waals surface area contributed by atoms with Crippen molar-refractivity contribution in [3.8, 4) is 5.75 Å². The number of aryl methyl sites for hydroxylation is 1. The number of para-hydroxylation sites is 2. The first-order chi connectivity index (χ1) is 10.6. The maximum atomic E-state index is 12.0. The zero-order valence-corrected chi connectivity index (χ0v) is 12.6. The van der Waals surface area contributed by atoms with Crippen LogP contribution in [0.4, 0.5) is 5.69 Å². The molecule has 0 spiro atoms. The Morgan fingerprint density at radius 1 is 1.18 bits per heavy atom. The summed E-state index contributed by atoms with van der Waals surface area (Å²) < 4.78 is 0. The van der Waals surface area contributed by atoms with E-state index in [2.05, 4.69) is 15.8 Å². The average Bonchev–Trinajstić information content (AvgIpc) is 2.51. The van der Waals surface area contributed by atoms with Crippen molar-refractivity contribution in [3.05, 3.63) is 59.7 Å². The molecule has 5 heteroatoms. The SMILES string of the molecule is Cc1ccccc1NC(C)C(=O)N/N=C/c1ccccc1O. The van der Waals surface area contributed by atoms with Crippen molar-refractivity contribution in [1.29, 1.82) is 0 Å². The standard InChI is InChI=1S/C17H19N3O2/c1-12-7-3-5-9-15(12)19-13(2)17(22)20-18-11-14-8-4-6-10-16(14)21/h3-11,13,19,21H,1-2H3,(H,20,22)/b18-11+. The third kappa shape index (κ3) is 4.09. The maximum Gasteiger partial charge on any atom is 0.262 e. The van der Waals surface area contributed by atoms with Gasteiger partial charge in [0.05, 0.1) is 6.21 Å². The fraction of sp³-hybridized carbons (Fsp3) is 0.176. The van der Waals surface area contributed by atoms with E-state index in [1.807, 2.05) is 31.2 Å². The number of hydrazone groups is 1. The highest BCUT2D eigenvalue weighted by Gasteiger charge is 2.12. The number of amides is 1. The van der Waals surface area contributed by atoms with Crippen molar-refractivity contribution in [2.24, 2.45) is 5.10 Å². The molecule has 1 amide bonds. The van der Waals surface area contributed by atoms with Gasteiger partial charge >= 0.3 is 0 Å². The summed E-state index contributed by atoms with van der Waals surface area (Å²) in [6, 6.07) is 14.1. The number of carbonyl (C=O) groups excluding carboxylic acids is 1. The molecular weight excluding hydrogens is 278 g/mol. The molecule has 2 rings (SSSR count). The monoisotopic (exact) mass is 297 g/mol. The van der Waals surface area contributed by atoms with Crippen LogP contribution in [0.1, 0.15) is 18.1 Å². The normalized spacial score (nSPS) is 12.1. The molecule has 2 aromatic carbocycles. The van der Waals surface area contributed by atoms with E-state index in [0.717, 1.165) is 11.3 Å². The van der Waals surface area contributed by atoms with Crippen molar-refractivity contribution < 1.29 is 9.90 Å². The van der Waals surface area contributed by atoms with E-state index in [1.165, 1.54) is 6.21 Å². The second-order valence-electron chi connectivity index (χ2n) is 4.97. The quantitative estimate of drug-likeness (QED) is 0.587. The van der Waals surface area contributed by atoms with Gasteiger partial charge in [-0.2, -0.15) is 5.10 Å². The molecule has 114 valence electrons. The summed E-state index contributed by atoms with van der Waals surface area (Å²) in [7, 11) is 0. The van der Waals surface area contributed by atoms with Gasteiger partial charge < -0.3 is 10.4 Å². The van der Waals surface area contributed by atoms with Gasteiger partial charge in [-0.25, -0.2) is 5.43 Å². The summed E-state index contributed by atoms with van der Waals surface area (Å²) in [5, 5.41) is 16.6. The summed E-state index contributed by atoms with van der Waals surface area (Å²) in [6.45, 7) is 3.74. The molecule has 0 aliphatic heterocycles. The van der Waals surface area contributed by atoms with Gasteiger partial charge in [-0.1, -0.05) is 30.3 Å². The molecule has 3 N–H and O–H groups in total. The lowest BCUT2D eigenvalue weighted by Crippen LogP contribution is -2.35. The van der Waals surface area contributed by atoms with Crippen molar-refractivity contribution in [1.82, 2.24) is 5.43 Å². The highest BCUT2D eigenvalue weighted by Crippen LogP contribution is 2.14. The molecule has 0 aliphatic rings. The highest BCUT2D eigenvalue weighted by molar-refractivity contribution is 5.87. The highest BCUT2D eigenvalue weighted by atomic mass is 16.3. The average molecular weight is 297 g/mol. The van der Waals surface area contributed by atoms with Gasteiger partial charge in [-0.15, -0.1) is 0 Å². The molecule has 1 unspecified atom stereocenters. The first-order valence-electron chi connectivity index (χ1n) is 7.01. The molecule has 0 radical (unpaired) electrons. The third-order valence-corrected chi connectivity index (χ3v) is 3.23. The van der Waals surface area contributed by atoms with E-state index in [4.69, 9.17) is 0 Å². The van der Waals surface area contributed by atoms with Crippen LogP contribution in [0.3, 0.4) is 0 Å². The van der Waals surface area contributed by atoms with E-state index >= 15 is 0 Å². The Hall–Kier alpha value is -2.82. The molecule has 1 atom stereocenters. The minimum absolute atomic E-state index is 0.117. The largest absolute Gasteiger partial charge is 0.507 e. The summed E-state index contributed by atoms with van der Waals surface area (Å²) in [5.41, 5.74) is 4.98. The Morgan fingerprint density at radius 2 is 1.86 bits per heavy atom. The van der Waals surface area contributed by atoms with Crippen LogP contribution in [0.25, 0.3) is 0 Å². The van der Waals surface area contributed by atoms with Gasteiger partial charge in [0.15, 0.2) is 0 Å². The number of hydrogen-bond acceptors (Lipinski definition) is 4. The molecule has 0 fully saturated rings. The smallest absolute Gasteiger partial charge is 0.262 e. The van der Waals surface area contributed by atoms with E-state index in [-0.39, 0.29) is 11.7 Å². The Balaban J connectivity index is 1.92. The lowest BCUT2D eigenvalue weighted by atomic mass is 10.2. The van der Waals surface area contributed by atoms with Gasteiger partial charge in [0.1, 0.15) is 11.8 Å². The van der Waals surface area contributed by atoms with Gasteiger partial charge in [0, 0.05) is 11.3 Å². The third-order valence-electron chi connectivity index (χ3n) is 3.23. The molecule has 22 heavy (non-hydrogen) atoms. The molecule has 0 aliphatic carbocycles. The molecule has 0 saturated carbocycles. The number of nitrogens with one attached hydrogen (secondary N) is 2. The van der Waals surface area contributed by atoms with Crippen molar-refractivity contribution >= 4 is 17.8 Å². The van der Waals surface area contributed by atoms with E-state index in [1.54, 1.807) is 31.2 Å². The van der Waals surface area contributed by atoms with Crippen LogP contribution in [-0.4, -0.2) is 23.3 Å². The van der Waals surface area contributed by atoms with E-state index in [9.17, 15) is 9.90 Å². The summed E-state index contributed by atoms with van der Waals surface area (Å²) in [4.78, 5) is 12.0. The Morgan fingerprint density at radius 3 is 2.59 bits per heavy atom. The molecule has 5 nitrogen and oxygen atoms in total. The van der Waals surface area contributed by atoms with Crippen LogP contribution in [0.15, 0.2) is 53.6 Å². The van der Waals surface area contributed by atoms with E-state index < -0.39 is 6.04 Å². The predicted molar refractivity (Wildman–Crippen MR) is 88.1 cm³/mol. The number of benzene rings is 2. The van der Waals surface area contributed by atoms with Crippen LogP contribution in [-0.2, 0) is 4.79 Å². The van der Waals surface area contributed by atoms with Crippen LogP contribution in [0, 0.1) is 6.92 Å². The van der Waals surface area contributed by atoms with E-state index in [0.29, 0.717) is 5.56 Å². The fourth-order valence-corrected chi connectivity index (χ4v) is 1.89. The van der Waals surface area contributed by atoms with Crippen LogP contribution in [0.5, 0.6) is 5.75 Å². The first-order valence-corrected chi connectivity index (χ1v) is 7.01. The zero-order chi connectivity index (χ0) is 15.9. The second-order valence-corrected chi connectivity index (χ2v) is 4.97. The molecule has 0 saturated heterocycles. The van der Waals surface area contributed by atoms with Crippen molar-refractivity contribution in [2.75, 3.05) is 5.32 Å². The minimum atomic E-state index is -0.428. The predicted octanol–water partition coefficient (Wildman–Crippen LogP) is 2.65. The van der Waals surface area contributed by atoms with Crippen molar-refractivity contribution in [2.45, 2.75) is 19.9 Å². The van der Waals surface area contributed by atoms with Crippen LogP contribution < -0.4 is 10.7 Å². The molecule has 0 aromatic heterocycles. The number of hydrogen-bond donors (Lipinski definition) is 3. The van der Waals surface area contributed by atoms with Gasteiger partial charge in [-0.3, -0.25) is 4.79 Å². The van der Waals surface area contributed by atoms with Gasteiger partial charge in [0.25, 0.3) is 5.91 Å². The van der Waals surface area contributed by atoms with Crippen LogP contribution in [0.2, 0.25) is 0 Å². The summed E-state index contributed by atoms with van der Waals surface area (Å²) in [5.74, 6) is -0.137. The van der Waals surface area contributed by atoms with Gasteiger partial charge in [0.2, 0.25) is 0 Å². The summed E-state index contributed by atoms with van der Waals surface area (Å²) in [6.07, 6.45) is 1.41. The van der Waals surface area contributed by atoms with Crippen molar-refractivity contribution in [3.63, 3.8) is 0 Å². The lowest BCUT2D eigenvalue weighted by Gasteiger charge is -2.15. The number of phenolic OH excluding ortho intramolecular Hbond substituents is 1. The number of phenols is 1. The molecule has 0 heterocycles. The fourth-order valence-electron chi connectivity index (χ4n) is 1.89. The molecular formula is C17H19N3O2. The Bertz CT molecular complexity index is 683. The number of rotatable bonds is 5. The lowest BCUT2D eigenvalue weighted by molar-refractivity contribution is -0.121. The maximum absolute atomic E-state index is 12.0. The number of anilines is 1. The minimum Gasteiger partial charge on any atom is -0.507 e. The Kier molecular flexibility index (Phi) is 5.14. The second kappa shape index (κ2) is 7.26. The molecule has 2 aromatic rings. The van der Waals surface area contributed by atoms with Crippen LogP contribution >= 0.6 is 0 Å². The van der Waals surface area contributed by atoms with Gasteiger partial charge in [-0.05, 0) is 37.6 Å². The Labute approximate surface area is 129 Å². The topological polar surface area (TPSA) is 73.7 Å². The summed E-state index contributed by atoms with van der Waals surface area (Å²) >= 11 is 0.